The minimum Gasteiger partial charge on any atom is -0.269 e. The summed E-state index contributed by atoms with van der Waals surface area (Å²) in [4.78, 5) is 14.8. The molecule has 0 amide bonds. The maximum atomic E-state index is 12.6. The van der Waals surface area contributed by atoms with Crippen LogP contribution in [0.1, 0.15) is 11.3 Å². The molecule has 0 aliphatic carbocycles. The Morgan fingerprint density at radius 2 is 1.43 bits per heavy atom. The first-order valence-corrected chi connectivity index (χ1v) is 6.39. The zero-order valence-electron chi connectivity index (χ0n) is 10.6. The second-order valence-corrected chi connectivity index (χ2v) is 5.08. The Morgan fingerprint density at radius 1 is 0.913 bits per heavy atom. The van der Waals surface area contributed by atoms with E-state index in [2.05, 4.69) is 4.98 Å². The number of nitrogens with zero attached hydrogens (tertiary/aromatic N) is 2. The van der Waals surface area contributed by atoms with Gasteiger partial charge >= 0.3 is 12.4 Å². The molecule has 3 nitrogen and oxygen atoms in total. The van der Waals surface area contributed by atoms with E-state index >= 15 is 0 Å². The van der Waals surface area contributed by atoms with Crippen LogP contribution in [0, 0.1) is 0 Å². The molecule has 0 bridgehead atoms. The van der Waals surface area contributed by atoms with E-state index < -0.39 is 44.9 Å². The second kappa shape index (κ2) is 5.72. The van der Waals surface area contributed by atoms with Crippen molar-refractivity contribution in [3.8, 4) is 5.69 Å². The molecule has 2 aromatic rings. The Kier molecular flexibility index (Phi) is 4.38. The number of hydrogen-bond donors (Lipinski definition) is 0. The van der Waals surface area contributed by atoms with Crippen molar-refractivity contribution in [1.82, 2.24) is 9.55 Å². The van der Waals surface area contributed by atoms with Crippen molar-refractivity contribution >= 4 is 23.2 Å². The van der Waals surface area contributed by atoms with Crippen molar-refractivity contribution in [3.63, 3.8) is 0 Å². The Hall–Kier alpha value is -1.74. The summed E-state index contributed by atoms with van der Waals surface area (Å²) in [5.74, 6) is 0. The van der Waals surface area contributed by atoms with E-state index in [0.717, 1.165) is 0 Å². The van der Waals surface area contributed by atoms with Crippen molar-refractivity contribution in [1.29, 1.82) is 0 Å². The average Bonchev–Trinajstić information content (AvgIpc) is 2.37. The number of benzene rings is 1. The van der Waals surface area contributed by atoms with Gasteiger partial charge in [-0.25, -0.2) is 4.98 Å². The standard InChI is InChI=1S/C12H4Cl2F6N2O/c13-6-1-5(11(15,16)17)2-7(14)10(6)22-4-21-8(3-9(22)23)12(18,19)20/h1-4H. The van der Waals surface area contributed by atoms with Crippen LogP contribution in [0.3, 0.4) is 0 Å². The van der Waals surface area contributed by atoms with Gasteiger partial charge in [0.25, 0.3) is 5.56 Å². The number of alkyl halides is 6. The summed E-state index contributed by atoms with van der Waals surface area (Å²) in [6.45, 7) is 0. The molecule has 0 spiro atoms. The molecule has 1 heterocycles. The Balaban J connectivity index is 2.62. The monoisotopic (exact) mass is 376 g/mol. The first kappa shape index (κ1) is 17.6. The molecule has 0 atom stereocenters. The van der Waals surface area contributed by atoms with Crippen molar-refractivity contribution in [2.24, 2.45) is 0 Å². The SMILES string of the molecule is O=c1cc(C(F)(F)F)ncn1-c1c(Cl)cc(C(F)(F)F)cc1Cl. The fraction of sp³-hybridized carbons (Fsp3) is 0.167. The Labute approximate surface area is 134 Å². The lowest BCUT2D eigenvalue weighted by Crippen LogP contribution is -2.23. The van der Waals surface area contributed by atoms with Gasteiger partial charge in [-0.3, -0.25) is 9.36 Å². The van der Waals surface area contributed by atoms with Gasteiger partial charge in [-0.1, -0.05) is 23.2 Å². The largest absolute Gasteiger partial charge is 0.433 e. The van der Waals surface area contributed by atoms with E-state index in [0.29, 0.717) is 23.0 Å². The molecule has 0 saturated carbocycles. The maximum absolute atomic E-state index is 12.6. The second-order valence-electron chi connectivity index (χ2n) is 4.27. The normalized spacial score (nSPS) is 12.5. The van der Waals surface area contributed by atoms with E-state index in [4.69, 9.17) is 23.2 Å². The minimum absolute atomic E-state index is 0.185. The van der Waals surface area contributed by atoms with Gasteiger partial charge in [-0.15, -0.1) is 0 Å². The highest BCUT2D eigenvalue weighted by molar-refractivity contribution is 6.37. The van der Waals surface area contributed by atoms with Gasteiger partial charge in [0.2, 0.25) is 0 Å². The molecule has 2 rings (SSSR count). The third-order valence-electron chi connectivity index (χ3n) is 2.69. The molecule has 0 N–H and O–H groups in total. The Morgan fingerprint density at radius 3 is 1.83 bits per heavy atom. The lowest BCUT2D eigenvalue weighted by molar-refractivity contribution is -0.141. The highest BCUT2D eigenvalue weighted by atomic mass is 35.5. The molecule has 0 fully saturated rings. The first-order chi connectivity index (χ1) is 10.4. The van der Waals surface area contributed by atoms with Crippen molar-refractivity contribution in [2.75, 3.05) is 0 Å². The summed E-state index contributed by atoms with van der Waals surface area (Å²) in [7, 11) is 0. The Bertz CT molecular complexity index is 789. The van der Waals surface area contributed by atoms with Gasteiger partial charge in [0, 0.05) is 6.07 Å². The summed E-state index contributed by atoms with van der Waals surface area (Å²) in [5, 5.41) is -1.12. The summed E-state index contributed by atoms with van der Waals surface area (Å²) >= 11 is 11.4. The molecule has 0 radical (unpaired) electrons. The molecule has 0 unspecified atom stereocenters. The van der Waals surface area contributed by atoms with Gasteiger partial charge < -0.3 is 0 Å². The average molecular weight is 377 g/mol. The molecule has 0 aliphatic rings. The molecule has 0 aliphatic heterocycles. The molecule has 0 saturated heterocycles. The fourth-order valence-corrected chi connectivity index (χ4v) is 2.35. The van der Waals surface area contributed by atoms with Gasteiger partial charge in [0.05, 0.1) is 21.3 Å². The number of halogens is 8. The van der Waals surface area contributed by atoms with E-state index in [-0.39, 0.29) is 6.07 Å². The number of aromatic nitrogens is 2. The van der Waals surface area contributed by atoms with Crippen molar-refractivity contribution in [2.45, 2.75) is 12.4 Å². The van der Waals surface area contributed by atoms with E-state index in [1.165, 1.54) is 0 Å². The van der Waals surface area contributed by atoms with Gasteiger partial charge in [-0.2, -0.15) is 26.3 Å². The van der Waals surface area contributed by atoms with Crippen LogP contribution in [-0.2, 0) is 12.4 Å². The van der Waals surface area contributed by atoms with Crippen LogP contribution >= 0.6 is 23.2 Å². The van der Waals surface area contributed by atoms with Gasteiger partial charge in [0.1, 0.15) is 6.33 Å². The maximum Gasteiger partial charge on any atom is 0.433 e. The van der Waals surface area contributed by atoms with Crippen LogP contribution in [0.25, 0.3) is 5.69 Å². The topological polar surface area (TPSA) is 34.9 Å². The van der Waals surface area contributed by atoms with Crippen LogP contribution in [-0.4, -0.2) is 9.55 Å². The molecule has 1 aromatic heterocycles. The quantitative estimate of drug-likeness (QED) is 0.683. The third kappa shape index (κ3) is 3.61. The molecule has 1 aromatic carbocycles. The third-order valence-corrected chi connectivity index (χ3v) is 3.26. The highest BCUT2D eigenvalue weighted by Crippen LogP contribution is 2.37. The smallest absolute Gasteiger partial charge is 0.269 e. The van der Waals surface area contributed by atoms with Crippen molar-refractivity contribution < 1.29 is 26.3 Å². The lowest BCUT2D eigenvalue weighted by Gasteiger charge is -2.14. The highest BCUT2D eigenvalue weighted by Gasteiger charge is 2.34. The summed E-state index contributed by atoms with van der Waals surface area (Å²) in [6.07, 6.45) is -9.08. The van der Waals surface area contributed by atoms with Crippen LogP contribution < -0.4 is 5.56 Å². The predicted octanol–water partition coefficient (Wildman–Crippen LogP) is 4.58. The lowest BCUT2D eigenvalue weighted by atomic mass is 10.2. The molecular weight excluding hydrogens is 373 g/mol. The van der Waals surface area contributed by atoms with Crippen LogP contribution in [0.15, 0.2) is 29.3 Å². The van der Waals surface area contributed by atoms with Gasteiger partial charge in [-0.05, 0) is 12.1 Å². The van der Waals surface area contributed by atoms with Crippen LogP contribution in [0.4, 0.5) is 26.3 Å². The summed E-state index contributed by atoms with van der Waals surface area (Å²) < 4.78 is 75.8. The number of rotatable bonds is 1. The van der Waals surface area contributed by atoms with Gasteiger partial charge in [0.15, 0.2) is 5.69 Å². The number of hydrogen-bond acceptors (Lipinski definition) is 2. The molecule has 124 valence electrons. The van der Waals surface area contributed by atoms with Crippen molar-refractivity contribution in [3.05, 3.63) is 56.2 Å². The molecule has 11 heteroatoms. The fourth-order valence-electron chi connectivity index (χ4n) is 1.68. The van der Waals surface area contributed by atoms with Crippen LogP contribution in [0.2, 0.25) is 10.0 Å². The zero-order valence-corrected chi connectivity index (χ0v) is 12.1. The minimum atomic E-state index is -4.84. The van der Waals surface area contributed by atoms with E-state index in [1.807, 2.05) is 0 Å². The predicted molar refractivity (Wildman–Crippen MR) is 69.9 cm³/mol. The van der Waals surface area contributed by atoms with E-state index in [1.54, 1.807) is 0 Å². The van der Waals surface area contributed by atoms with E-state index in [9.17, 15) is 31.1 Å². The van der Waals surface area contributed by atoms with Crippen LogP contribution in [0.5, 0.6) is 0 Å². The summed E-state index contributed by atoms with van der Waals surface area (Å²) in [6, 6.07) is 1.20. The zero-order chi connectivity index (χ0) is 17.6. The summed E-state index contributed by atoms with van der Waals surface area (Å²) in [5.41, 5.74) is -4.20. The molecular formula is C12H4Cl2F6N2O. The first-order valence-electron chi connectivity index (χ1n) is 5.64. The molecule has 23 heavy (non-hydrogen) atoms.